The third kappa shape index (κ3) is 25.0. The molecule has 2 aromatic carbocycles. The summed E-state index contributed by atoms with van der Waals surface area (Å²) in [5.74, 6) is 1.11. The molecule has 6 aliphatic heterocycles. The minimum Gasteiger partial charge on any atom is -0.466 e. The number of nitrogens with zero attached hydrogens (tertiary/aromatic N) is 3. The Morgan fingerprint density at radius 3 is 1.22 bits per heavy atom. The van der Waals surface area contributed by atoms with Crippen molar-refractivity contribution in [3.8, 4) is 0 Å². The van der Waals surface area contributed by atoms with Gasteiger partial charge in [0, 0.05) is 83.9 Å². The van der Waals surface area contributed by atoms with Crippen molar-refractivity contribution in [2.75, 3.05) is 74.4 Å². The average Bonchev–Trinajstić information content (AvgIpc) is 1.64. The molecular formula is C79H119ClN6O17. The van der Waals surface area contributed by atoms with Gasteiger partial charge in [-0.2, -0.15) is 0 Å². The molecule has 9 fully saturated rings. The zero-order valence-corrected chi connectivity index (χ0v) is 62.9. The highest BCUT2D eigenvalue weighted by Crippen LogP contribution is 2.37. The Morgan fingerprint density at radius 1 is 0.485 bits per heavy atom. The number of rotatable bonds is 16. The quantitative estimate of drug-likeness (QED) is 0.0690. The summed E-state index contributed by atoms with van der Waals surface area (Å²) < 4.78 is 30.9. The van der Waals surface area contributed by atoms with E-state index in [2.05, 4.69) is 45.1 Å². The monoisotopic (exact) mass is 1460 g/mol. The number of methoxy groups -OCH3 is 4. The Labute approximate surface area is 616 Å². The van der Waals surface area contributed by atoms with Crippen LogP contribution in [0.4, 0.5) is 0 Å². The van der Waals surface area contributed by atoms with Crippen LogP contribution in [-0.2, 0) is 79.9 Å². The van der Waals surface area contributed by atoms with E-state index in [0.29, 0.717) is 98.4 Å². The molecule has 2 aromatic rings. The first-order chi connectivity index (χ1) is 49.4. The second-order valence-corrected chi connectivity index (χ2v) is 29.6. The standard InChI is InChI=1S/C26H35N3O4.C18H21N3O3.C10H18O3.C9H16O3.2C8H14O2.ClH/c1-33-21-5-2-17(3-6-21)15-28-12-10-18(11-13-28)19-4-7-22-20(14-19)16-29(26(22)32)23-8-9-24(30)27-25(23)31;22-16-4-3-15(17(23)20-16)21-10-13-9-12(1-2-14(13)18(21)24)11-5-7-19-8-6-11;1-3-13-10(11)8-4-6-9(12-2)7-5-8;1-2-12-9(11)7-3-5-8(10)6-4-7;2*1-10-8-4-2-7(6-9)3-5-8;/h4,7,14,17-18,21,23H,2-3,5-6,8-13,15-16H2,1H3,(H,27,30,31);1-2,9,11,15,19H,3-8,10H2,(H,20,22,23);8-9H,3-7H2,1-2H3;7-8,10H,2-6H2,1H3;2*6-8H,2-5H2,1H3;1H. The van der Waals surface area contributed by atoms with Gasteiger partial charge in [0.15, 0.2) is 0 Å². The summed E-state index contributed by atoms with van der Waals surface area (Å²) in [5, 5.41) is 17.3. The molecule has 4 N–H and O–H groups in total. The van der Waals surface area contributed by atoms with E-state index in [1.165, 1.54) is 43.4 Å². The second kappa shape index (κ2) is 43.5. The third-order valence-corrected chi connectivity index (χ3v) is 23.0. The van der Waals surface area contributed by atoms with Gasteiger partial charge in [0.1, 0.15) is 24.7 Å². The van der Waals surface area contributed by atoms with Crippen LogP contribution in [0.3, 0.4) is 0 Å². The molecule has 0 aromatic heterocycles. The number of esters is 2. The molecule has 0 radical (unpaired) electrons. The minimum atomic E-state index is -0.548. The number of aldehydes is 2. The van der Waals surface area contributed by atoms with Crippen LogP contribution < -0.4 is 16.0 Å². The van der Waals surface area contributed by atoms with E-state index in [9.17, 15) is 53.1 Å². The largest absolute Gasteiger partial charge is 0.466 e. The van der Waals surface area contributed by atoms with Gasteiger partial charge in [0.2, 0.25) is 23.6 Å². The van der Waals surface area contributed by atoms with Crippen LogP contribution in [0.15, 0.2) is 36.4 Å². The van der Waals surface area contributed by atoms with Crippen LogP contribution in [0.5, 0.6) is 0 Å². The van der Waals surface area contributed by atoms with Crippen molar-refractivity contribution in [2.45, 2.75) is 261 Å². The van der Waals surface area contributed by atoms with E-state index < -0.39 is 12.1 Å². The lowest BCUT2D eigenvalue weighted by atomic mass is 9.85. The van der Waals surface area contributed by atoms with Gasteiger partial charge >= 0.3 is 11.9 Å². The van der Waals surface area contributed by atoms with E-state index in [0.717, 1.165) is 184 Å². The van der Waals surface area contributed by atoms with Crippen molar-refractivity contribution in [3.05, 3.63) is 69.8 Å². The number of nitrogens with one attached hydrogen (secondary N) is 3. The predicted molar refractivity (Wildman–Crippen MR) is 390 cm³/mol. The van der Waals surface area contributed by atoms with Gasteiger partial charge in [-0.1, -0.05) is 24.3 Å². The number of aliphatic hydroxyl groups is 1. The van der Waals surface area contributed by atoms with Crippen LogP contribution in [0, 0.1) is 29.6 Å². The summed E-state index contributed by atoms with van der Waals surface area (Å²) in [7, 11) is 7.05. The van der Waals surface area contributed by atoms with Crippen LogP contribution >= 0.6 is 12.4 Å². The van der Waals surface area contributed by atoms with E-state index in [4.69, 9.17) is 28.4 Å². The smallest absolute Gasteiger partial charge is 0.308 e. The molecule has 24 heteroatoms. The summed E-state index contributed by atoms with van der Waals surface area (Å²) in [4.78, 5) is 122. The minimum absolute atomic E-state index is 0. The number of carbonyl (C=O) groups is 10. The zero-order chi connectivity index (χ0) is 73.1. The maximum Gasteiger partial charge on any atom is 0.308 e. The highest BCUT2D eigenvalue weighted by Gasteiger charge is 2.42. The molecular weight excluding hydrogens is 1340 g/mol. The van der Waals surface area contributed by atoms with Crippen LogP contribution in [0.1, 0.15) is 248 Å². The zero-order valence-electron chi connectivity index (χ0n) is 62.1. The molecule has 0 bridgehead atoms. The van der Waals surface area contributed by atoms with E-state index in [1.807, 2.05) is 33.1 Å². The molecule has 4 saturated heterocycles. The van der Waals surface area contributed by atoms with Gasteiger partial charge in [-0.3, -0.25) is 49.0 Å². The van der Waals surface area contributed by atoms with Gasteiger partial charge in [-0.05, 0) is 259 Å². The number of piperidine rings is 4. The number of imide groups is 2. The first-order valence-corrected chi connectivity index (χ1v) is 38.4. The molecule has 2 unspecified atom stereocenters. The summed E-state index contributed by atoms with van der Waals surface area (Å²) in [6, 6.07) is 11.2. The van der Waals surface area contributed by atoms with E-state index in [-0.39, 0.29) is 90.6 Å². The summed E-state index contributed by atoms with van der Waals surface area (Å²) in [5.41, 5.74) is 6.00. The normalized spacial score (nSPS) is 28.8. The molecule has 11 aliphatic rings. The van der Waals surface area contributed by atoms with Crippen LogP contribution in [-0.4, -0.2) is 197 Å². The van der Waals surface area contributed by atoms with Gasteiger partial charge in [-0.15, -0.1) is 12.4 Å². The first-order valence-electron chi connectivity index (χ1n) is 38.4. The average molecular weight is 1460 g/mol. The van der Waals surface area contributed by atoms with Crippen molar-refractivity contribution in [2.24, 2.45) is 29.6 Å². The van der Waals surface area contributed by atoms with Crippen molar-refractivity contribution < 1.29 is 81.5 Å². The van der Waals surface area contributed by atoms with Crippen LogP contribution in [0.25, 0.3) is 0 Å². The number of hydrogen-bond acceptors (Lipinski definition) is 19. The Kier molecular flexibility index (Phi) is 35.6. The fourth-order valence-electron chi connectivity index (χ4n) is 16.5. The highest BCUT2D eigenvalue weighted by molar-refractivity contribution is 6.06. The summed E-state index contributed by atoms with van der Waals surface area (Å²) >= 11 is 0. The fraction of sp³-hybridized carbons (Fsp3) is 0.722. The van der Waals surface area contributed by atoms with Crippen molar-refractivity contribution in [1.29, 1.82) is 0 Å². The molecule has 574 valence electrons. The molecule has 0 spiro atoms. The van der Waals surface area contributed by atoms with Gasteiger partial charge in [0.05, 0.1) is 55.6 Å². The number of aliphatic hydroxyl groups excluding tert-OH is 1. The first kappa shape index (κ1) is 84.2. The third-order valence-electron chi connectivity index (χ3n) is 23.0. The Morgan fingerprint density at radius 2 is 0.854 bits per heavy atom. The Hall–Kier alpha value is -6.05. The van der Waals surface area contributed by atoms with Gasteiger partial charge in [0.25, 0.3) is 11.8 Å². The maximum atomic E-state index is 12.9. The molecule has 6 amide bonds. The number of amides is 6. The SMILES string of the molecule is CCOC(=O)C1CCC(O)CC1.CCOC(=O)C1CCC(OC)CC1.COC1CCC(C=O)CC1.COC1CCC(C=O)CC1.COC1CCC(CN2CCC(c3ccc4c(c3)CN(C3CCC(=O)NC3=O)C4=O)CC2)CC1.Cl.O=C1CCC(N2Cc3cc(C4CCNCC4)ccc3C2=O)C(=O)N1. The Balaban J connectivity index is 0.000000186. The lowest BCUT2D eigenvalue weighted by Gasteiger charge is -2.36. The molecule has 13 rings (SSSR count). The number of fused-ring (bicyclic) bond motifs is 2. The maximum absolute atomic E-state index is 12.9. The van der Waals surface area contributed by atoms with E-state index in [1.54, 1.807) is 31.1 Å². The molecule has 6 heterocycles. The van der Waals surface area contributed by atoms with Gasteiger partial charge in [-0.25, -0.2) is 0 Å². The fourth-order valence-corrected chi connectivity index (χ4v) is 16.5. The number of hydrogen-bond donors (Lipinski definition) is 4. The summed E-state index contributed by atoms with van der Waals surface area (Å²) in [6.45, 7) is 11.1. The number of carbonyl (C=O) groups excluding carboxylic acids is 10. The summed E-state index contributed by atoms with van der Waals surface area (Å²) in [6.07, 6.45) is 29.6. The molecule has 2 atom stereocenters. The lowest BCUT2D eigenvalue weighted by Crippen LogP contribution is -2.52. The number of ether oxygens (including phenoxy) is 6. The van der Waals surface area contributed by atoms with Crippen LogP contribution in [0.2, 0.25) is 0 Å². The van der Waals surface area contributed by atoms with Crippen molar-refractivity contribution in [3.63, 3.8) is 0 Å². The number of likely N-dealkylation sites (tertiary alicyclic amines) is 1. The van der Waals surface area contributed by atoms with Crippen molar-refractivity contribution in [1.82, 2.24) is 30.7 Å². The topological polar surface area (TPSA) is 292 Å². The Bertz CT molecular complexity index is 3020. The van der Waals surface area contributed by atoms with Gasteiger partial charge < -0.3 is 63.1 Å². The molecule has 5 aliphatic carbocycles. The van der Waals surface area contributed by atoms with E-state index >= 15 is 0 Å². The van der Waals surface area contributed by atoms with Crippen molar-refractivity contribution >= 4 is 72.4 Å². The molecule has 103 heavy (non-hydrogen) atoms. The number of benzene rings is 2. The second-order valence-electron chi connectivity index (χ2n) is 29.6. The molecule has 5 saturated carbocycles. The predicted octanol–water partition coefficient (Wildman–Crippen LogP) is 9.80. The lowest BCUT2D eigenvalue weighted by molar-refractivity contribution is -0.150. The molecule has 23 nitrogen and oxygen atoms in total. The highest BCUT2D eigenvalue weighted by atomic mass is 35.5. The number of halogens is 1.